The Bertz CT molecular complexity index is 688. The summed E-state index contributed by atoms with van der Waals surface area (Å²) in [7, 11) is 0. The molecule has 26 heavy (non-hydrogen) atoms. The fourth-order valence-corrected chi connectivity index (χ4v) is 3.07. The van der Waals surface area contributed by atoms with E-state index in [9.17, 15) is 4.79 Å². The molecule has 2 aromatic rings. The molecule has 3 rings (SSSR count). The Morgan fingerprint density at radius 3 is 2.69 bits per heavy atom. The van der Waals surface area contributed by atoms with E-state index >= 15 is 0 Å². The van der Waals surface area contributed by atoms with Gasteiger partial charge in [0.2, 0.25) is 0 Å². The van der Waals surface area contributed by atoms with Crippen LogP contribution in [-0.2, 0) is 11.3 Å². The zero-order valence-corrected chi connectivity index (χ0v) is 15.2. The number of hydrogen-bond donors (Lipinski definition) is 1. The lowest BCUT2D eigenvalue weighted by Gasteiger charge is -2.33. The molecule has 138 valence electrons. The number of amides is 1. The summed E-state index contributed by atoms with van der Waals surface area (Å²) < 4.78 is 11.2. The second-order valence-electron chi connectivity index (χ2n) is 6.38. The summed E-state index contributed by atoms with van der Waals surface area (Å²) in [6, 6.07) is 17.6. The first kappa shape index (κ1) is 18.4. The Labute approximate surface area is 154 Å². The van der Waals surface area contributed by atoms with Gasteiger partial charge in [0.15, 0.2) is 0 Å². The third-order valence-electron chi connectivity index (χ3n) is 4.39. The van der Waals surface area contributed by atoms with Crippen LogP contribution in [0.3, 0.4) is 0 Å². The van der Waals surface area contributed by atoms with Crippen LogP contribution < -0.4 is 10.1 Å². The average Bonchev–Trinajstić information content (AvgIpc) is 2.68. The van der Waals surface area contributed by atoms with Gasteiger partial charge in [-0.1, -0.05) is 30.3 Å². The Hall–Kier alpha value is -2.37. The van der Waals surface area contributed by atoms with E-state index in [0.717, 1.165) is 25.4 Å². The fraction of sp³-hybridized carbons (Fsp3) is 0.381. The highest BCUT2D eigenvalue weighted by Crippen LogP contribution is 2.13. The number of nitrogens with zero attached hydrogens (tertiary/aromatic N) is 1. The van der Waals surface area contributed by atoms with Crippen LogP contribution in [0.25, 0.3) is 0 Å². The molecule has 1 fully saturated rings. The van der Waals surface area contributed by atoms with Crippen molar-refractivity contribution in [3.05, 3.63) is 65.7 Å². The SMILES string of the molecule is CCOc1ccc(C(=O)NCC2CN(Cc3ccccc3)CCO2)cc1. The van der Waals surface area contributed by atoms with E-state index in [2.05, 4.69) is 34.5 Å². The Morgan fingerprint density at radius 2 is 1.96 bits per heavy atom. The van der Waals surface area contributed by atoms with Crippen LogP contribution in [0.2, 0.25) is 0 Å². The van der Waals surface area contributed by atoms with E-state index < -0.39 is 0 Å². The van der Waals surface area contributed by atoms with Gasteiger partial charge in [0.25, 0.3) is 5.91 Å². The van der Waals surface area contributed by atoms with Crippen LogP contribution in [0.15, 0.2) is 54.6 Å². The summed E-state index contributed by atoms with van der Waals surface area (Å²) in [5.41, 5.74) is 1.93. The Morgan fingerprint density at radius 1 is 1.19 bits per heavy atom. The van der Waals surface area contributed by atoms with Crippen molar-refractivity contribution in [1.82, 2.24) is 10.2 Å². The van der Waals surface area contributed by atoms with Crippen molar-refractivity contribution in [3.63, 3.8) is 0 Å². The summed E-state index contributed by atoms with van der Waals surface area (Å²) in [5, 5.41) is 2.97. The van der Waals surface area contributed by atoms with Gasteiger partial charge >= 0.3 is 0 Å². The molecule has 1 atom stereocenters. The molecule has 1 heterocycles. The number of morpholine rings is 1. The van der Waals surface area contributed by atoms with Crippen LogP contribution in [0.1, 0.15) is 22.8 Å². The third-order valence-corrected chi connectivity index (χ3v) is 4.39. The maximum Gasteiger partial charge on any atom is 0.251 e. The van der Waals surface area contributed by atoms with Gasteiger partial charge in [-0.3, -0.25) is 9.69 Å². The van der Waals surface area contributed by atoms with Crippen LogP contribution in [-0.4, -0.2) is 49.8 Å². The highest BCUT2D eigenvalue weighted by Gasteiger charge is 2.21. The molecule has 5 heteroatoms. The minimum Gasteiger partial charge on any atom is -0.494 e. The van der Waals surface area contributed by atoms with Gasteiger partial charge in [-0.25, -0.2) is 0 Å². The Kier molecular flexibility index (Phi) is 6.63. The molecule has 5 nitrogen and oxygen atoms in total. The zero-order valence-electron chi connectivity index (χ0n) is 15.2. The third kappa shape index (κ3) is 5.31. The van der Waals surface area contributed by atoms with E-state index in [1.807, 2.05) is 25.1 Å². The van der Waals surface area contributed by atoms with Crippen LogP contribution in [0.5, 0.6) is 5.75 Å². The molecule has 0 aliphatic carbocycles. The van der Waals surface area contributed by atoms with E-state index in [0.29, 0.717) is 25.3 Å². The number of carbonyl (C=O) groups is 1. The minimum absolute atomic E-state index is 0.0131. The largest absolute Gasteiger partial charge is 0.494 e. The summed E-state index contributed by atoms with van der Waals surface area (Å²) in [5.74, 6) is 0.688. The first-order chi connectivity index (χ1) is 12.7. The van der Waals surface area contributed by atoms with Gasteiger partial charge in [-0.2, -0.15) is 0 Å². The predicted octanol–water partition coefficient (Wildman–Crippen LogP) is 2.72. The molecular weight excluding hydrogens is 328 g/mol. The second-order valence-corrected chi connectivity index (χ2v) is 6.38. The van der Waals surface area contributed by atoms with Gasteiger partial charge in [0, 0.05) is 31.7 Å². The lowest BCUT2D eigenvalue weighted by Crippen LogP contribution is -2.47. The molecule has 1 aliphatic rings. The van der Waals surface area contributed by atoms with Gasteiger partial charge < -0.3 is 14.8 Å². The molecule has 0 spiro atoms. The number of carbonyl (C=O) groups excluding carboxylic acids is 1. The molecule has 0 aromatic heterocycles. The standard InChI is InChI=1S/C21H26N2O3/c1-2-25-19-10-8-18(9-11-19)21(24)22-14-20-16-23(12-13-26-20)15-17-6-4-3-5-7-17/h3-11,20H,2,12-16H2,1H3,(H,22,24). The maximum absolute atomic E-state index is 12.3. The van der Waals surface area contributed by atoms with Gasteiger partial charge in [0.05, 0.1) is 19.3 Å². The molecule has 1 unspecified atom stereocenters. The lowest BCUT2D eigenvalue weighted by atomic mass is 10.1. The van der Waals surface area contributed by atoms with E-state index in [4.69, 9.17) is 9.47 Å². The van der Waals surface area contributed by atoms with Gasteiger partial charge in [-0.05, 0) is 36.8 Å². The second kappa shape index (κ2) is 9.36. The monoisotopic (exact) mass is 354 g/mol. The highest BCUT2D eigenvalue weighted by atomic mass is 16.5. The number of nitrogens with one attached hydrogen (secondary N) is 1. The van der Waals surface area contributed by atoms with E-state index in [1.54, 1.807) is 12.1 Å². The highest BCUT2D eigenvalue weighted by molar-refractivity contribution is 5.94. The van der Waals surface area contributed by atoms with Crippen molar-refractivity contribution in [1.29, 1.82) is 0 Å². The summed E-state index contributed by atoms with van der Waals surface area (Å²) in [4.78, 5) is 14.7. The van der Waals surface area contributed by atoms with Gasteiger partial charge in [-0.15, -0.1) is 0 Å². The maximum atomic E-state index is 12.3. The number of benzene rings is 2. The first-order valence-corrected chi connectivity index (χ1v) is 9.13. The molecule has 0 bridgehead atoms. The molecule has 0 saturated carbocycles. The molecule has 1 aliphatic heterocycles. The predicted molar refractivity (Wildman–Crippen MR) is 101 cm³/mol. The Balaban J connectivity index is 1.47. The summed E-state index contributed by atoms with van der Waals surface area (Å²) in [6.07, 6.45) is 0.0131. The van der Waals surface area contributed by atoms with Crippen molar-refractivity contribution in [2.75, 3.05) is 32.8 Å². The van der Waals surface area contributed by atoms with Crippen molar-refractivity contribution in [2.45, 2.75) is 19.6 Å². The summed E-state index contributed by atoms with van der Waals surface area (Å²) in [6.45, 7) is 6.40. The normalized spacial score (nSPS) is 17.7. The van der Waals surface area contributed by atoms with Crippen molar-refractivity contribution in [2.24, 2.45) is 0 Å². The molecular formula is C21H26N2O3. The van der Waals surface area contributed by atoms with Crippen molar-refractivity contribution < 1.29 is 14.3 Å². The summed E-state index contributed by atoms with van der Waals surface area (Å²) >= 11 is 0. The first-order valence-electron chi connectivity index (χ1n) is 9.13. The fourth-order valence-electron chi connectivity index (χ4n) is 3.07. The molecule has 0 radical (unpaired) electrons. The molecule has 1 saturated heterocycles. The topological polar surface area (TPSA) is 50.8 Å². The van der Waals surface area contributed by atoms with Crippen molar-refractivity contribution in [3.8, 4) is 5.75 Å². The number of ether oxygens (including phenoxy) is 2. The van der Waals surface area contributed by atoms with E-state index in [1.165, 1.54) is 5.56 Å². The van der Waals surface area contributed by atoms with Gasteiger partial charge in [0.1, 0.15) is 5.75 Å². The van der Waals surface area contributed by atoms with Crippen LogP contribution in [0, 0.1) is 0 Å². The van der Waals surface area contributed by atoms with Crippen LogP contribution in [0.4, 0.5) is 0 Å². The number of rotatable bonds is 7. The molecule has 1 N–H and O–H groups in total. The lowest BCUT2D eigenvalue weighted by molar-refractivity contribution is -0.0292. The molecule has 2 aromatic carbocycles. The minimum atomic E-state index is -0.0863. The van der Waals surface area contributed by atoms with Crippen molar-refractivity contribution >= 4 is 5.91 Å². The molecule has 1 amide bonds. The zero-order chi connectivity index (χ0) is 18.2. The van der Waals surface area contributed by atoms with Crippen LogP contribution >= 0.6 is 0 Å². The average molecular weight is 354 g/mol. The number of hydrogen-bond acceptors (Lipinski definition) is 4. The quantitative estimate of drug-likeness (QED) is 0.831. The van der Waals surface area contributed by atoms with E-state index in [-0.39, 0.29) is 12.0 Å². The smallest absolute Gasteiger partial charge is 0.251 e.